The second-order valence-electron chi connectivity index (χ2n) is 4.27. The van der Waals surface area contributed by atoms with Crippen molar-refractivity contribution in [2.75, 3.05) is 5.32 Å². The first-order chi connectivity index (χ1) is 10.0. The van der Waals surface area contributed by atoms with Crippen molar-refractivity contribution in [2.24, 2.45) is 0 Å². The van der Waals surface area contributed by atoms with Gasteiger partial charge in [-0.3, -0.25) is 10.1 Å². The molecular weight excluding hydrogens is 276 g/mol. The summed E-state index contributed by atoms with van der Waals surface area (Å²) >= 11 is 0. The molecule has 0 amide bonds. The molecule has 2 aromatic carbocycles. The van der Waals surface area contributed by atoms with Gasteiger partial charge >= 0.3 is 5.97 Å². The number of anilines is 2. The van der Waals surface area contributed by atoms with Gasteiger partial charge in [-0.1, -0.05) is 6.07 Å². The molecule has 0 bridgehead atoms. The third-order valence-corrected chi connectivity index (χ3v) is 2.85. The fourth-order valence-electron chi connectivity index (χ4n) is 1.78. The number of carboxylic acids is 1. The number of nitrogens with zero attached hydrogens (tertiary/aromatic N) is 1. The Hall–Kier alpha value is -2.93. The van der Waals surface area contributed by atoms with Crippen molar-refractivity contribution in [1.82, 2.24) is 0 Å². The highest BCUT2D eigenvalue weighted by atomic mass is 16.6. The molecule has 7 nitrogen and oxygen atoms in total. The molecule has 2 rings (SSSR count). The van der Waals surface area contributed by atoms with Crippen molar-refractivity contribution in [3.63, 3.8) is 0 Å². The third-order valence-electron chi connectivity index (χ3n) is 2.85. The molecule has 0 atom stereocenters. The number of aliphatic hydroxyl groups is 1. The molecule has 0 saturated heterocycles. The van der Waals surface area contributed by atoms with Crippen LogP contribution in [-0.2, 0) is 6.61 Å². The normalized spacial score (nSPS) is 10.1. The van der Waals surface area contributed by atoms with Crippen LogP contribution >= 0.6 is 0 Å². The number of aromatic carboxylic acids is 1. The van der Waals surface area contributed by atoms with E-state index in [0.29, 0.717) is 11.3 Å². The summed E-state index contributed by atoms with van der Waals surface area (Å²) in [5.41, 5.74) is 1.20. The topological polar surface area (TPSA) is 113 Å². The van der Waals surface area contributed by atoms with E-state index in [4.69, 9.17) is 10.2 Å². The van der Waals surface area contributed by atoms with Crippen LogP contribution in [0.5, 0.6) is 0 Å². The van der Waals surface area contributed by atoms with Gasteiger partial charge in [0.1, 0.15) is 5.69 Å². The smallest absolute Gasteiger partial charge is 0.335 e. The molecule has 0 unspecified atom stereocenters. The Morgan fingerprint density at radius 2 is 1.86 bits per heavy atom. The molecule has 0 radical (unpaired) electrons. The van der Waals surface area contributed by atoms with Gasteiger partial charge in [-0.05, 0) is 35.9 Å². The quantitative estimate of drug-likeness (QED) is 0.575. The van der Waals surface area contributed by atoms with E-state index >= 15 is 0 Å². The Bertz CT molecular complexity index is 682. The average molecular weight is 288 g/mol. The molecule has 2 aromatic rings. The molecule has 0 saturated carbocycles. The summed E-state index contributed by atoms with van der Waals surface area (Å²) in [6.45, 7) is -0.283. The third kappa shape index (κ3) is 3.34. The van der Waals surface area contributed by atoms with Gasteiger partial charge in [0, 0.05) is 11.8 Å². The summed E-state index contributed by atoms with van der Waals surface area (Å²) in [6, 6.07) is 10.2. The number of nitrogens with one attached hydrogen (secondary N) is 1. The summed E-state index contributed by atoms with van der Waals surface area (Å²) in [5.74, 6) is -1.04. The zero-order valence-electron chi connectivity index (χ0n) is 10.8. The summed E-state index contributed by atoms with van der Waals surface area (Å²) < 4.78 is 0. The van der Waals surface area contributed by atoms with E-state index < -0.39 is 10.9 Å². The zero-order chi connectivity index (χ0) is 15.4. The molecule has 7 heteroatoms. The van der Waals surface area contributed by atoms with Crippen LogP contribution in [0.1, 0.15) is 15.9 Å². The fraction of sp³-hybridized carbons (Fsp3) is 0.0714. The first-order valence-electron chi connectivity index (χ1n) is 6.00. The van der Waals surface area contributed by atoms with Gasteiger partial charge in [0.05, 0.1) is 17.1 Å². The number of carboxylic acid groups (broad SMARTS) is 1. The van der Waals surface area contributed by atoms with Gasteiger partial charge in [0.25, 0.3) is 5.69 Å². The number of hydrogen-bond donors (Lipinski definition) is 3. The van der Waals surface area contributed by atoms with Gasteiger partial charge in [-0.15, -0.1) is 0 Å². The summed E-state index contributed by atoms with van der Waals surface area (Å²) in [5, 5.41) is 31.7. The standard InChI is InChI=1S/C14H12N2O5/c17-8-9-1-6-12(13(7-9)16(20)21)15-11-4-2-10(3-5-11)14(18)19/h1-7,15,17H,8H2,(H,18,19). The number of hydrogen-bond acceptors (Lipinski definition) is 5. The lowest BCUT2D eigenvalue weighted by molar-refractivity contribution is -0.384. The second kappa shape index (κ2) is 6.02. The number of aliphatic hydroxyl groups excluding tert-OH is 1. The highest BCUT2D eigenvalue weighted by Gasteiger charge is 2.14. The average Bonchev–Trinajstić information content (AvgIpc) is 2.48. The molecule has 0 aliphatic rings. The molecule has 0 aliphatic heterocycles. The molecule has 0 heterocycles. The number of rotatable bonds is 5. The van der Waals surface area contributed by atoms with E-state index in [0.717, 1.165) is 0 Å². The van der Waals surface area contributed by atoms with Crippen LogP contribution in [0.25, 0.3) is 0 Å². The molecular formula is C14H12N2O5. The van der Waals surface area contributed by atoms with Gasteiger partial charge in [0.2, 0.25) is 0 Å². The minimum atomic E-state index is -1.04. The lowest BCUT2D eigenvalue weighted by Crippen LogP contribution is -2.00. The Balaban J connectivity index is 2.30. The largest absolute Gasteiger partial charge is 0.478 e. The van der Waals surface area contributed by atoms with Gasteiger partial charge in [-0.25, -0.2) is 4.79 Å². The number of nitro groups is 1. The van der Waals surface area contributed by atoms with Crippen LogP contribution in [0.4, 0.5) is 17.1 Å². The lowest BCUT2D eigenvalue weighted by atomic mass is 10.1. The van der Waals surface area contributed by atoms with Crippen LogP contribution in [0, 0.1) is 10.1 Å². The van der Waals surface area contributed by atoms with Crippen molar-refractivity contribution in [2.45, 2.75) is 6.61 Å². The molecule has 3 N–H and O–H groups in total. The van der Waals surface area contributed by atoms with E-state index in [9.17, 15) is 14.9 Å². The van der Waals surface area contributed by atoms with E-state index in [1.807, 2.05) is 0 Å². The minimum Gasteiger partial charge on any atom is -0.478 e. The Morgan fingerprint density at radius 3 is 2.38 bits per heavy atom. The van der Waals surface area contributed by atoms with E-state index in [-0.39, 0.29) is 23.5 Å². The SMILES string of the molecule is O=C(O)c1ccc(Nc2ccc(CO)cc2[N+](=O)[O-])cc1. The van der Waals surface area contributed by atoms with Crippen LogP contribution in [0.2, 0.25) is 0 Å². The predicted octanol–water partition coefficient (Wildman–Crippen LogP) is 2.53. The van der Waals surface area contributed by atoms with Crippen LogP contribution in [0.15, 0.2) is 42.5 Å². The van der Waals surface area contributed by atoms with Crippen LogP contribution in [-0.4, -0.2) is 21.1 Å². The van der Waals surface area contributed by atoms with Crippen LogP contribution < -0.4 is 5.32 Å². The Labute approximate surface area is 119 Å². The summed E-state index contributed by atoms with van der Waals surface area (Å²) in [7, 11) is 0. The van der Waals surface area contributed by atoms with Gasteiger partial charge in [-0.2, -0.15) is 0 Å². The van der Waals surface area contributed by atoms with E-state index in [1.165, 1.54) is 36.4 Å². The van der Waals surface area contributed by atoms with Crippen molar-refractivity contribution in [3.8, 4) is 0 Å². The van der Waals surface area contributed by atoms with Crippen molar-refractivity contribution < 1.29 is 19.9 Å². The molecule has 0 fully saturated rings. The highest BCUT2D eigenvalue weighted by Crippen LogP contribution is 2.28. The van der Waals surface area contributed by atoms with Gasteiger partial charge < -0.3 is 15.5 Å². The maximum absolute atomic E-state index is 11.0. The van der Waals surface area contributed by atoms with Crippen molar-refractivity contribution in [3.05, 3.63) is 63.7 Å². The predicted molar refractivity (Wildman–Crippen MR) is 75.7 cm³/mol. The second-order valence-corrected chi connectivity index (χ2v) is 4.27. The lowest BCUT2D eigenvalue weighted by Gasteiger charge is -2.08. The molecule has 0 aromatic heterocycles. The van der Waals surface area contributed by atoms with Gasteiger partial charge in [0.15, 0.2) is 0 Å². The monoisotopic (exact) mass is 288 g/mol. The highest BCUT2D eigenvalue weighted by molar-refractivity contribution is 5.88. The molecule has 108 valence electrons. The number of nitro benzene ring substituents is 1. The summed E-state index contributed by atoms with van der Waals surface area (Å²) in [4.78, 5) is 21.2. The number of benzene rings is 2. The van der Waals surface area contributed by atoms with E-state index in [1.54, 1.807) is 6.07 Å². The van der Waals surface area contributed by atoms with E-state index in [2.05, 4.69) is 5.32 Å². The first kappa shape index (κ1) is 14.5. The molecule has 21 heavy (non-hydrogen) atoms. The molecule has 0 spiro atoms. The van der Waals surface area contributed by atoms with Crippen molar-refractivity contribution in [1.29, 1.82) is 0 Å². The Kier molecular flexibility index (Phi) is 4.15. The number of carbonyl (C=O) groups is 1. The zero-order valence-corrected chi connectivity index (χ0v) is 10.8. The minimum absolute atomic E-state index is 0.130. The molecule has 0 aliphatic carbocycles. The van der Waals surface area contributed by atoms with Crippen LogP contribution in [0.3, 0.4) is 0 Å². The maximum atomic E-state index is 11.0. The summed E-state index contributed by atoms with van der Waals surface area (Å²) in [6.07, 6.45) is 0. The van der Waals surface area contributed by atoms with Crippen molar-refractivity contribution >= 4 is 23.0 Å². The first-order valence-corrected chi connectivity index (χ1v) is 6.00. The maximum Gasteiger partial charge on any atom is 0.335 e. The fourth-order valence-corrected chi connectivity index (χ4v) is 1.78. The Morgan fingerprint density at radius 1 is 1.19 bits per heavy atom.